The topological polar surface area (TPSA) is 12.0 Å². The first-order chi connectivity index (χ1) is 7.19. The van der Waals surface area contributed by atoms with Gasteiger partial charge in [-0.15, -0.1) is 6.58 Å². The minimum absolute atomic E-state index is 0.372. The van der Waals surface area contributed by atoms with E-state index in [0.29, 0.717) is 6.04 Å². The number of benzene rings is 1. The van der Waals surface area contributed by atoms with E-state index in [9.17, 15) is 0 Å². The summed E-state index contributed by atoms with van der Waals surface area (Å²) in [5.74, 6) is 0. The largest absolute Gasteiger partial charge is 0.310 e. The van der Waals surface area contributed by atoms with Gasteiger partial charge in [0, 0.05) is 14.1 Å². The van der Waals surface area contributed by atoms with Crippen molar-refractivity contribution in [1.82, 2.24) is 5.32 Å². The van der Waals surface area contributed by atoms with Gasteiger partial charge >= 0.3 is 0 Å². The molecule has 0 bridgehead atoms. The number of rotatable bonds is 5. The van der Waals surface area contributed by atoms with Gasteiger partial charge in [0.25, 0.3) is 0 Å². The van der Waals surface area contributed by atoms with Crippen molar-refractivity contribution >= 4 is 38.5 Å². The van der Waals surface area contributed by atoms with Crippen LogP contribution in [0.2, 0.25) is 0 Å². The molecule has 1 aromatic rings. The standard InChI is InChI=1S/C12H15BrIN/c1-3-5-12(15-4-2)10-8-9(13)6-7-11(10)14/h3,6-8,12,15H,1,4-5H2,2H3. The third kappa shape index (κ3) is 3.89. The average molecular weight is 380 g/mol. The van der Waals surface area contributed by atoms with Crippen molar-refractivity contribution in [3.05, 3.63) is 44.5 Å². The molecule has 0 fully saturated rings. The maximum atomic E-state index is 3.81. The van der Waals surface area contributed by atoms with E-state index in [-0.39, 0.29) is 0 Å². The van der Waals surface area contributed by atoms with Crippen LogP contribution in [0.25, 0.3) is 0 Å². The van der Waals surface area contributed by atoms with Crippen LogP contribution in [0.3, 0.4) is 0 Å². The van der Waals surface area contributed by atoms with Crippen LogP contribution in [0.5, 0.6) is 0 Å². The van der Waals surface area contributed by atoms with Gasteiger partial charge in [-0.1, -0.05) is 28.9 Å². The summed E-state index contributed by atoms with van der Waals surface area (Å²) in [6.45, 7) is 6.91. The Kier molecular flexibility index (Phi) is 5.86. The molecule has 0 saturated carbocycles. The number of hydrogen-bond acceptors (Lipinski definition) is 1. The fraction of sp³-hybridized carbons (Fsp3) is 0.333. The van der Waals surface area contributed by atoms with Gasteiger partial charge in [-0.3, -0.25) is 0 Å². The first-order valence-corrected chi connectivity index (χ1v) is 6.85. The van der Waals surface area contributed by atoms with Crippen molar-refractivity contribution in [2.45, 2.75) is 19.4 Å². The summed E-state index contributed by atoms with van der Waals surface area (Å²) in [5.41, 5.74) is 1.34. The third-order valence-electron chi connectivity index (χ3n) is 2.19. The smallest absolute Gasteiger partial charge is 0.0365 e. The number of hydrogen-bond donors (Lipinski definition) is 1. The van der Waals surface area contributed by atoms with Crippen molar-refractivity contribution in [3.63, 3.8) is 0 Å². The average Bonchev–Trinajstić information content (AvgIpc) is 2.21. The summed E-state index contributed by atoms with van der Waals surface area (Å²) in [6.07, 6.45) is 2.92. The highest BCUT2D eigenvalue weighted by atomic mass is 127. The fourth-order valence-electron chi connectivity index (χ4n) is 1.51. The zero-order valence-electron chi connectivity index (χ0n) is 8.76. The normalized spacial score (nSPS) is 12.5. The van der Waals surface area contributed by atoms with Crippen molar-refractivity contribution in [2.24, 2.45) is 0 Å². The van der Waals surface area contributed by atoms with Crippen LogP contribution >= 0.6 is 38.5 Å². The summed E-state index contributed by atoms with van der Waals surface area (Å²) in [6, 6.07) is 6.76. The first kappa shape index (κ1) is 13.2. The van der Waals surface area contributed by atoms with Crippen LogP contribution in [0, 0.1) is 3.57 Å². The maximum Gasteiger partial charge on any atom is 0.0365 e. The van der Waals surface area contributed by atoms with E-state index in [0.717, 1.165) is 17.4 Å². The van der Waals surface area contributed by atoms with Gasteiger partial charge in [-0.05, 0) is 59.3 Å². The van der Waals surface area contributed by atoms with Gasteiger partial charge in [0.15, 0.2) is 0 Å². The minimum atomic E-state index is 0.372. The third-order valence-corrected chi connectivity index (χ3v) is 3.66. The Labute approximate surface area is 114 Å². The highest BCUT2D eigenvalue weighted by molar-refractivity contribution is 14.1. The molecule has 1 atom stereocenters. The van der Waals surface area contributed by atoms with E-state index >= 15 is 0 Å². The lowest BCUT2D eigenvalue weighted by atomic mass is 10.0. The fourth-order valence-corrected chi connectivity index (χ4v) is 2.61. The van der Waals surface area contributed by atoms with E-state index < -0.39 is 0 Å². The molecule has 0 spiro atoms. The molecule has 1 nitrogen and oxygen atoms in total. The highest BCUT2D eigenvalue weighted by Gasteiger charge is 2.11. The molecular weight excluding hydrogens is 365 g/mol. The van der Waals surface area contributed by atoms with E-state index in [2.05, 4.69) is 75.5 Å². The molecule has 1 N–H and O–H groups in total. The molecule has 0 saturated heterocycles. The molecule has 0 aliphatic heterocycles. The second-order valence-electron chi connectivity index (χ2n) is 3.30. The van der Waals surface area contributed by atoms with Crippen LogP contribution in [0.15, 0.2) is 35.3 Å². The molecular formula is C12H15BrIN. The highest BCUT2D eigenvalue weighted by Crippen LogP contribution is 2.26. The van der Waals surface area contributed by atoms with Gasteiger partial charge in [-0.2, -0.15) is 0 Å². The number of nitrogens with one attached hydrogen (secondary N) is 1. The molecule has 0 radical (unpaired) electrons. The molecule has 0 heterocycles. The van der Waals surface area contributed by atoms with Crippen LogP contribution < -0.4 is 5.32 Å². The Morgan fingerprint density at radius 1 is 1.60 bits per heavy atom. The van der Waals surface area contributed by atoms with Crippen molar-refractivity contribution < 1.29 is 0 Å². The van der Waals surface area contributed by atoms with Crippen LogP contribution in [0.1, 0.15) is 24.9 Å². The Morgan fingerprint density at radius 3 is 2.93 bits per heavy atom. The van der Waals surface area contributed by atoms with Crippen molar-refractivity contribution in [3.8, 4) is 0 Å². The predicted molar refractivity (Wildman–Crippen MR) is 78.1 cm³/mol. The first-order valence-electron chi connectivity index (χ1n) is 4.98. The van der Waals surface area contributed by atoms with Crippen molar-refractivity contribution in [1.29, 1.82) is 0 Å². The molecule has 82 valence electrons. The summed E-state index contributed by atoms with van der Waals surface area (Å²) >= 11 is 5.89. The molecule has 1 unspecified atom stereocenters. The molecule has 0 aromatic heterocycles. The molecule has 1 aromatic carbocycles. The van der Waals surface area contributed by atoms with Crippen LogP contribution in [0.4, 0.5) is 0 Å². The van der Waals surface area contributed by atoms with E-state index in [1.165, 1.54) is 9.13 Å². The Morgan fingerprint density at radius 2 is 2.33 bits per heavy atom. The summed E-state index contributed by atoms with van der Waals surface area (Å²) in [7, 11) is 0. The molecule has 0 aliphatic rings. The van der Waals surface area contributed by atoms with E-state index in [1.54, 1.807) is 0 Å². The Balaban J connectivity index is 2.97. The quantitative estimate of drug-likeness (QED) is 0.594. The zero-order valence-corrected chi connectivity index (χ0v) is 12.5. The molecule has 3 heteroatoms. The SMILES string of the molecule is C=CCC(NCC)c1cc(Br)ccc1I. The maximum absolute atomic E-state index is 3.81. The molecule has 1 rings (SSSR count). The van der Waals surface area contributed by atoms with Gasteiger partial charge in [-0.25, -0.2) is 0 Å². The lowest BCUT2D eigenvalue weighted by Crippen LogP contribution is -2.21. The molecule has 0 aliphatic carbocycles. The van der Waals surface area contributed by atoms with Gasteiger partial charge in [0.2, 0.25) is 0 Å². The number of halogens is 2. The second kappa shape index (κ2) is 6.66. The Hall–Kier alpha value is 0.130. The van der Waals surface area contributed by atoms with Gasteiger partial charge in [0.1, 0.15) is 0 Å². The summed E-state index contributed by atoms with van der Waals surface area (Å²) in [5, 5.41) is 3.47. The monoisotopic (exact) mass is 379 g/mol. The Bertz CT molecular complexity index is 338. The van der Waals surface area contributed by atoms with Crippen molar-refractivity contribution in [2.75, 3.05) is 6.54 Å². The molecule has 0 amide bonds. The predicted octanol–water partition coefficient (Wildman–Crippen LogP) is 4.28. The molecule has 15 heavy (non-hydrogen) atoms. The second-order valence-corrected chi connectivity index (χ2v) is 5.38. The lowest BCUT2D eigenvalue weighted by Gasteiger charge is -2.18. The summed E-state index contributed by atoms with van der Waals surface area (Å²) in [4.78, 5) is 0. The van der Waals surface area contributed by atoms with Gasteiger partial charge in [0.05, 0.1) is 0 Å². The van der Waals surface area contributed by atoms with E-state index in [1.807, 2.05) is 6.08 Å². The van der Waals surface area contributed by atoms with Gasteiger partial charge < -0.3 is 5.32 Å². The van der Waals surface area contributed by atoms with Crippen LogP contribution in [-0.4, -0.2) is 6.54 Å². The lowest BCUT2D eigenvalue weighted by molar-refractivity contribution is 0.556. The zero-order chi connectivity index (χ0) is 11.3. The van der Waals surface area contributed by atoms with Crippen LogP contribution in [-0.2, 0) is 0 Å². The summed E-state index contributed by atoms with van der Waals surface area (Å²) < 4.78 is 2.42. The minimum Gasteiger partial charge on any atom is -0.310 e. The van der Waals surface area contributed by atoms with E-state index in [4.69, 9.17) is 0 Å².